The first-order chi connectivity index (χ1) is 13.1. The Kier molecular flexibility index (Phi) is 3.79. The fraction of sp³-hybridized carbons (Fsp3) is 0.750. The smallest absolute Gasteiger partial charge is 0.164 e. The number of fused-ring (bicyclic) bond motifs is 7. The highest BCUT2D eigenvalue weighted by Crippen LogP contribution is 2.69. The van der Waals surface area contributed by atoms with Gasteiger partial charge in [-0.25, -0.2) is 0 Å². The molecule has 4 nitrogen and oxygen atoms in total. The SMILES string of the molecule is CC(=O)[C@@]12OC(C)O[C@H]1C[C@H]1[C@@H]3C=C(C)C4=CC(=O)CC[C@]4(C)[C@H]3CC[C@@]12C. The number of hydrogen-bond donors (Lipinski definition) is 0. The summed E-state index contributed by atoms with van der Waals surface area (Å²) in [6, 6.07) is 0. The largest absolute Gasteiger partial charge is 0.346 e. The molecule has 8 atom stereocenters. The normalized spacial score (nSPS) is 52.2. The summed E-state index contributed by atoms with van der Waals surface area (Å²) >= 11 is 0. The zero-order valence-corrected chi connectivity index (χ0v) is 17.7. The van der Waals surface area contributed by atoms with Gasteiger partial charge in [0.05, 0.1) is 6.10 Å². The van der Waals surface area contributed by atoms with Gasteiger partial charge in [-0.05, 0) is 81.3 Å². The Bertz CT molecular complexity index is 824. The van der Waals surface area contributed by atoms with Crippen molar-refractivity contribution in [3.05, 3.63) is 23.3 Å². The standard InChI is InChI=1S/C24H32O4/c1-13-10-17-18(22(4)8-6-16(26)11-19(13)22)7-9-23(5)20(17)12-21-24(23,14(2)25)28-15(3)27-21/h10-11,15,17-18,20-21H,6-9,12H2,1-5H3/t15?,17-,18+,20+,21+,22-,23+,24-/m1/s1. The van der Waals surface area contributed by atoms with Crippen molar-refractivity contribution in [2.45, 2.75) is 84.7 Å². The second-order valence-corrected chi connectivity index (χ2v) is 10.4. The van der Waals surface area contributed by atoms with Gasteiger partial charge >= 0.3 is 0 Å². The van der Waals surface area contributed by atoms with Crippen molar-refractivity contribution in [2.24, 2.45) is 28.6 Å². The van der Waals surface area contributed by atoms with Gasteiger partial charge in [0.1, 0.15) is 0 Å². The summed E-state index contributed by atoms with van der Waals surface area (Å²) in [5, 5.41) is 0. The number of rotatable bonds is 1. The third-order valence-corrected chi connectivity index (χ3v) is 9.22. The number of ether oxygens (including phenoxy) is 2. The first kappa shape index (κ1) is 18.7. The van der Waals surface area contributed by atoms with Crippen LogP contribution in [0.2, 0.25) is 0 Å². The van der Waals surface area contributed by atoms with E-state index in [9.17, 15) is 9.59 Å². The molecule has 5 aliphatic rings. The molecule has 0 bridgehead atoms. The quantitative estimate of drug-likeness (QED) is 0.673. The highest BCUT2D eigenvalue weighted by molar-refractivity contribution is 5.92. The fourth-order valence-corrected chi connectivity index (χ4v) is 7.99. The molecule has 0 amide bonds. The third kappa shape index (κ3) is 2.04. The number of allylic oxidation sites excluding steroid dienone is 4. The van der Waals surface area contributed by atoms with Crippen molar-refractivity contribution in [1.29, 1.82) is 0 Å². The maximum absolute atomic E-state index is 12.9. The van der Waals surface area contributed by atoms with Crippen LogP contribution in [0.4, 0.5) is 0 Å². The van der Waals surface area contributed by atoms with Gasteiger partial charge in [-0.3, -0.25) is 9.59 Å². The van der Waals surface area contributed by atoms with Crippen molar-refractivity contribution in [2.75, 3.05) is 0 Å². The molecule has 0 N–H and O–H groups in total. The topological polar surface area (TPSA) is 52.6 Å². The summed E-state index contributed by atoms with van der Waals surface area (Å²) in [6.45, 7) is 10.4. The van der Waals surface area contributed by atoms with E-state index in [1.807, 2.05) is 13.0 Å². The van der Waals surface area contributed by atoms with Crippen LogP contribution in [0.5, 0.6) is 0 Å². The van der Waals surface area contributed by atoms with E-state index in [0.29, 0.717) is 24.2 Å². The predicted octanol–water partition coefficient (Wildman–Crippen LogP) is 4.38. The van der Waals surface area contributed by atoms with E-state index < -0.39 is 5.60 Å². The number of carbonyl (C=O) groups excluding carboxylic acids is 2. The first-order valence-electron chi connectivity index (χ1n) is 10.9. The first-order valence-corrected chi connectivity index (χ1v) is 10.9. The fourth-order valence-electron chi connectivity index (χ4n) is 7.99. The van der Waals surface area contributed by atoms with Gasteiger partial charge in [0.15, 0.2) is 23.5 Å². The van der Waals surface area contributed by atoms with E-state index in [2.05, 4.69) is 26.8 Å². The molecule has 0 aromatic heterocycles. The van der Waals surface area contributed by atoms with Gasteiger partial charge in [0.2, 0.25) is 0 Å². The summed E-state index contributed by atoms with van der Waals surface area (Å²) in [4.78, 5) is 25.0. The van der Waals surface area contributed by atoms with Crippen LogP contribution in [-0.2, 0) is 19.1 Å². The number of ketones is 2. The van der Waals surface area contributed by atoms with E-state index in [4.69, 9.17) is 9.47 Å². The van der Waals surface area contributed by atoms with Crippen LogP contribution in [0.25, 0.3) is 0 Å². The third-order valence-electron chi connectivity index (χ3n) is 9.22. The average Bonchev–Trinajstić information content (AvgIpc) is 3.08. The summed E-state index contributed by atoms with van der Waals surface area (Å²) < 4.78 is 12.5. The van der Waals surface area contributed by atoms with E-state index in [-0.39, 0.29) is 34.8 Å². The Balaban J connectivity index is 1.61. The predicted molar refractivity (Wildman–Crippen MR) is 105 cm³/mol. The minimum absolute atomic E-state index is 0.0643. The highest BCUT2D eigenvalue weighted by atomic mass is 16.7. The van der Waals surface area contributed by atoms with E-state index in [0.717, 1.165) is 25.7 Å². The van der Waals surface area contributed by atoms with E-state index in [1.54, 1.807) is 6.92 Å². The lowest BCUT2D eigenvalue weighted by Gasteiger charge is -2.58. The van der Waals surface area contributed by atoms with Crippen LogP contribution in [0.3, 0.4) is 0 Å². The Morgan fingerprint density at radius 1 is 1.21 bits per heavy atom. The number of Topliss-reactive ketones (excluding diaryl/α,β-unsaturated/α-hetero) is 1. The molecule has 5 rings (SSSR count). The summed E-state index contributed by atoms with van der Waals surface area (Å²) in [6.07, 6.45) is 8.41. The van der Waals surface area contributed by atoms with Gasteiger partial charge in [-0.15, -0.1) is 0 Å². The molecular formula is C24H32O4. The maximum atomic E-state index is 12.9. The van der Waals surface area contributed by atoms with E-state index in [1.165, 1.54) is 11.1 Å². The van der Waals surface area contributed by atoms with Crippen LogP contribution < -0.4 is 0 Å². The molecular weight excluding hydrogens is 352 g/mol. The van der Waals surface area contributed by atoms with Crippen LogP contribution in [-0.4, -0.2) is 29.6 Å². The zero-order chi connectivity index (χ0) is 20.1. The summed E-state index contributed by atoms with van der Waals surface area (Å²) in [7, 11) is 0. The molecule has 1 unspecified atom stereocenters. The highest BCUT2D eigenvalue weighted by Gasteiger charge is 2.73. The second-order valence-electron chi connectivity index (χ2n) is 10.4. The van der Waals surface area contributed by atoms with Gasteiger partial charge in [0.25, 0.3) is 0 Å². The Morgan fingerprint density at radius 3 is 2.68 bits per heavy atom. The van der Waals surface area contributed by atoms with Crippen molar-refractivity contribution in [1.82, 2.24) is 0 Å². The molecule has 2 saturated carbocycles. The molecule has 0 aromatic carbocycles. The van der Waals surface area contributed by atoms with Crippen molar-refractivity contribution < 1.29 is 19.1 Å². The minimum Gasteiger partial charge on any atom is -0.346 e. The lowest BCUT2D eigenvalue weighted by molar-refractivity contribution is -0.175. The zero-order valence-electron chi connectivity index (χ0n) is 17.7. The van der Waals surface area contributed by atoms with Crippen LogP contribution >= 0.6 is 0 Å². The Hall–Kier alpha value is -1.26. The Labute approximate surface area is 167 Å². The summed E-state index contributed by atoms with van der Waals surface area (Å²) in [5.41, 5.74) is 1.58. The molecule has 28 heavy (non-hydrogen) atoms. The van der Waals surface area contributed by atoms with E-state index >= 15 is 0 Å². The van der Waals surface area contributed by atoms with Gasteiger partial charge in [-0.2, -0.15) is 0 Å². The minimum atomic E-state index is -0.802. The molecule has 0 spiro atoms. The molecule has 4 aliphatic carbocycles. The molecule has 1 heterocycles. The molecule has 4 heteroatoms. The van der Waals surface area contributed by atoms with Crippen molar-refractivity contribution in [3.8, 4) is 0 Å². The number of carbonyl (C=O) groups is 2. The molecule has 0 radical (unpaired) electrons. The van der Waals surface area contributed by atoms with Crippen molar-refractivity contribution >= 4 is 11.6 Å². The van der Waals surface area contributed by atoms with Crippen LogP contribution in [0.15, 0.2) is 23.3 Å². The maximum Gasteiger partial charge on any atom is 0.164 e. The molecule has 152 valence electrons. The summed E-state index contributed by atoms with van der Waals surface area (Å²) in [5.74, 6) is 1.70. The lowest BCUT2D eigenvalue weighted by Crippen LogP contribution is -2.59. The van der Waals surface area contributed by atoms with Gasteiger partial charge in [-0.1, -0.05) is 25.5 Å². The number of hydrogen-bond acceptors (Lipinski definition) is 4. The molecule has 0 aromatic rings. The van der Waals surface area contributed by atoms with Gasteiger partial charge < -0.3 is 9.47 Å². The second kappa shape index (κ2) is 5.66. The molecule has 3 fully saturated rings. The van der Waals surface area contributed by atoms with Crippen molar-refractivity contribution in [3.63, 3.8) is 0 Å². The Morgan fingerprint density at radius 2 is 1.96 bits per heavy atom. The van der Waals surface area contributed by atoms with Crippen LogP contribution in [0, 0.1) is 28.6 Å². The average molecular weight is 385 g/mol. The van der Waals surface area contributed by atoms with Gasteiger partial charge in [0, 0.05) is 11.8 Å². The molecule has 1 saturated heterocycles. The van der Waals surface area contributed by atoms with Crippen LogP contribution in [0.1, 0.15) is 66.7 Å². The lowest BCUT2D eigenvalue weighted by atomic mass is 9.47. The molecule has 1 aliphatic heterocycles. The monoisotopic (exact) mass is 384 g/mol.